The predicted octanol–water partition coefficient (Wildman–Crippen LogP) is 3.57. The lowest BCUT2D eigenvalue weighted by Crippen LogP contribution is -2.30. The zero-order valence-electron chi connectivity index (χ0n) is 12.8. The van der Waals surface area contributed by atoms with Crippen molar-refractivity contribution in [1.82, 2.24) is 5.32 Å². The molecule has 2 N–H and O–H groups in total. The van der Waals surface area contributed by atoms with Crippen LogP contribution < -0.4 is 15.5 Å². The molecule has 0 aliphatic heterocycles. The van der Waals surface area contributed by atoms with E-state index in [0.717, 1.165) is 29.5 Å². The Balaban J connectivity index is 1.63. The smallest absolute Gasteiger partial charge is 0.170 e. The fourth-order valence-electron chi connectivity index (χ4n) is 1.82. The van der Waals surface area contributed by atoms with Gasteiger partial charge in [0.1, 0.15) is 5.76 Å². The van der Waals surface area contributed by atoms with Gasteiger partial charge < -0.3 is 20.0 Å². The van der Waals surface area contributed by atoms with Gasteiger partial charge in [-0.3, -0.25) is 0 Å². The van der Waals surface area contributed by atoms with Crippen molar-refractivity contribution in [2.24, 2.45) is 0 Å². The molecule has 1 heterocycles. The van der Waals surface area contributed by atoms with Crippen LogP contribution in [0.5, 0.6) is 0 Å². The summed E-state index contributed by atoms with van der Waals surface area (Å²) in [5.41, 5.74) is 2.16. The minimum atomic E-state index is 0.649. The second-order valence-electron chi connectivity index (χ2n) is 4.95. The van der Waals surface area contributed by atoms with Crippen LogP contribution in [-0.2, 0) is 5.75 Å². The summed E-state index contributed by atoms with van der Waals surface area (Å²) in [5.74, 6) is 2.87. The minimum Gasteiger partial charge on any atom is -0.468 e. The number of hydrogen-bond acceptors (Lipinski definition) is 4. The lowest BCUT2D eigenvalue weighted by molar-refractivity contribution is 0.530. The average molecular weight is 335 g/mol. The SMILES string of the molecule is CN(C)c1ccc(NC(=S)NCCSCc2ccco2)cc1. The Morgan fingerprint density at radius 3 is 2.64 bits per heavy atom. The van der Waals surface area contributed by atoms with E-state index in [0.29, 0.717) is 5.11 Å². The molecule has 0 aliphatic carbocycles. The molecule has 22 heavy (non-hydrogen) atoms. The van der Waals surface area contributed by atoms with E-state index < -0.39 is 0 Å². The van der Waals surface area contributed by atoms with E-state index in [4.69, 9.17) is 16.6 Å². The molecule has 0 spiro atoms. The van der Waals surface area contributed by atoms with Crippen LogP contribution in [0.3, 0.4) is 0 Å². The van der Waals surface area contributed by atoms with Gasteiger partial charge in [-0.15, -0.1) is 0 Å². The number of thioether (sulfide) groups is 1. The van der Waals surface area contributed by atoms with Crippen molar-refractivity contribution >= 4 is 40.5 Å². The van der Waals surface area contributed by atoms with Crippen LogP contribution in [0.2, 0.25) is 0 Å². The molecule has 0 fully saturated rings. The Morgan fingerprint density at radius 2 is 2.00 bits per heavy atom. The summed E-state index contributed by atoms with van der Waals surface area (Å²) in [6, 6.07) is 12.1. The quantitative estimate of drug-likeness (QED) is 0.595. The van der Waals surface area contributed by atoms with Gasteiger partial charge in [-0.05, 0) is 48.6 Å². The number of thiocarbonyl (C=S) groups is 1. The van der Waals surface area contributed by atoms with Gasteiger partial charge >= 0.3 is 0 Å². The molecule has 0 saturated carbocycles. The third-order valence-electron chi connectivity index (χ3n) is 3.00. The number of hydrogen-bond donors (Lipinski definition) is 2. The number of nitrogens with one attached hydrogen (secondary N) is 2. The molecule has 0 saturated heterocycles. The van der Waals surface area contributed by atoms with Crippen molar-refractivity contribution in [3.63, 3.8) is 0 Å². The van der Waals surface area contributed by atoms with E-state index in [-0.39, 0.29) is 0 Å². The van der Waals surface area contributed by atoms with E-state index >= 15 is 0 Å². The fraction of sp³-hybridized carbons (Fsp3) is 0.312. The molecule has 2 rings (SSSR count). The maximum atomic E-state index is 5.29. The van der Waals surface area contributed by atoms with Crippen molar-refractivity contribution in [1.29, 1.82) is 0 Å². The number of benzene rings is 1. The molecule has 4 nitrogen and oxygen atoms in total. The van der Waals surface area contributed by atoms with Crippen LogP contribution in [-0.4, -0.2) is 31.5 Å². The minimum absolute atomic E-state index is 0.649. The highest BCUT2D eigenvalue weighted by atomic mass is 32.2. The summed E-state index contributed by atoms with van der Waals surface area (Å²) in [7, 11) is 4.05. The predicted molar refractivity (Wildman–Crippen MR) is 99.9 cm³/mol. The number of furan rings is 1. The molecular formula is C16H21N3OS2. The number of anilines is 2. The lowest BCUT2D eigenvalue weighted by Gasteiger charge is -2.14. The third kappa shape index (κ3) is 5.61. The molecule has 1 aromatic heterocycles. The normalized spacial score (nSPS) is 10.3. The molecule has 0 aliphatic rings. The summed E-state index contributed by atoms with van der Waals surface area (Å²) < 4.78 is 5.28. The molecule has 0 unspecified atom stereocenters. The van der Waals surface area contributed by atoms with Crippen LogP contribution in [0.4, 0.5) is 11.4 Å². The second-order valence-corrected chi connectivity index (χ2v) is 6.47. The highest BCUT2D eigenvalue weighted by Crippen LogP contribution is 2.15. The van der Waals surface area contributed by atoms with Gasteiger partial charge in [0.05, 0.1) is 12.0 Å². The summed E-state index contributed by atoms with van der Waals surface area (Å²) in [6.07, 6.45) is 1.70. The van der Waals surface area contributed by atoms with Crippen LogP contribution in [0.25, 0.3) is 0 Å². The first-order valence-electron chi connectivity index (χ1n) is 7.07. The number of rotatable bonds is 7. The summed E-state index contributed by atoms with van der Waals surface area (Å²) in [6.45, 7) is 0.826. The Hall–Kier alpha value is -1.66. The maximum absolute atomic E-state index is 5.29. The first-order chi connectivity index (χ1) is 10.6. The van der Waals surface area contributed by atoms with Gasteiger partial charge in [0, 0.05) is 37.8 Å². The Morgan fingerprint density at radius 1 is 1.23 bits per heavy atom. The Kier molecular flexibility index (Phi) is 6.61. The van der Waals surface area contributed by atoms with E-state index in [1.165, 1.54) is 5.69 Å². The highest BCUT2D eigenvalue weighted by Gasteiger charge is 2.00. The maximum Gasteiger partial charge on any atom is 0.170 e. The van der Waals surface area contributed by atoms with E-state index in [2.05, 4.69) is 27.7 Å². The zero-order chi connectivity index (χ0) is 15.8. The molecule has 0 radical (unpaired) electrons. The highest BCUT2D eigenvalue weighted by molar-refractivity contribution is 7.98. The van der Waals surface area contributed by atoms with Gasteiger partial charge in [-0.1, -0.05) is 0 Å². The topological polar surface area (TPSA) is 40.4 Å². The van der Waals surface area contributed by atoms with E-state index in [9.17, 15) is 0 Å². The van der Waals surface area contributed by atoms with Crippen LogP contribution in [0.1, 0.15) is 5.76 Å². The zero-order valence-corrected chi connectivity index (χ0v) is 14.5. The first kappa shape index (κ1) is 16.7. The molecule has 1 aromatic carbocycles. The van der Waals surface area contributed by atoms with Crippen molar-refractivity contribution in [3.05, 3.63) is 48.4 Å². The van der Waals surface area contributed by atoms with Crippen molar-refractivity contribution < 1.29 is 4.42 Å². The largest absolute Gasteiger partial charge is 0.468 e. The van der Waals surface area contributed by atoms with E-state index in [1.54, 1.807) is 6.26 Å². The van der Waals surface area contributed by atoms with Gasteiger partial charge in [-0.2, -0.15) is 11.8 Å². The Bertz CT molecular complexity index is 568. The summed E-state index contributed by atoms with van der Waals surface area (Å²) >= 11 is 7.10. The van der Waals surface area contributed by atoms with Crippen LogP contribution >= 0.6 is 24.0 Å². The van der Waals surface area contributed by atoms with Crippen LogP contribution in [0, 0.1) is 0 Å². The molecule has 0 atom stereocenters. The monoisotopic (exact) mass is 335 g/mol. The molecule has 2 aromatic rings. The van der Waals surface area contributed by atoms with Crippen molar-refractivity contribution in [2.75, 3.05) is 36.6 Å². The second kappa shape index (κ2) is 8.70. The van der Waals surface area contributed by atoms with E-state index in [1.807, 2.05) is 50.1 Å². The van der Waals surface area contributed by atoms with Crippen LogP contribution in [0.15, 0.2) is 47.1 Å². The lowest BCUT2D eigenvalue weighted by atomic mass is 10.2. The van der Waals surface area contributed by atoms with Gasteiger partial charge in [0.15, 0.2) is 5.11 Å². The van der Waals surface area contributed by atoms with Gasteiger partial charge in [-0.25, -0.2) is 0 Å². The molecular weight excluding hydrogens is 314 g/mol. The van der Waals surface area contributed by atoms with Crippen molar-refractivity contribution in [2.45, 2.75) is 5.75 Å². The third-order valence-corrected chi connectivity index (χ3v) is 4.23. The van der Waals surface area contributed by atoms with Gasteiger partial charge in [0.2, 0.25) is 0 Å². The standard InChI is InChI=1S/C16H21N3OS2/c1-19(2)14-7-5-13(6-8-14)18-16(21)17-9-11-22-12-15-4-3-10-20-15/h3-8,10H,9,11-12H2,1-2H3,(H2,17,18,21). The molecule has 0 bridgehead atoms. The molecule has 118 valence electrons. The average Bonchev–Trinajstić information content (AvgIpc) is 3.00. The summed E-state index contributed by atoms with van der Waals surface area (Å²) in [5, 5.41) is 7.04. The summed E-state index contributed by atoms with van der Waals surface area (Å²) in [4.78, 5) is 2.07. The fourth-order valence-corrected chi connectivity index (χ4v) is 2.80. The van der Waals surface area contributed by atoms with Gasteiger partial charge in [0.25, 0.3) is 0 Å². The molecule has 0 amide bonds. The molecule has 6 heteroatoms. The number of nitrogens with zero attached hydrogens (tertiary/aromatic N) is 1. The Labute approximate surface area is 141 Å². The van der Waals surface area contributed by atoms with Crippen molar-refractivity contribution in [3.8, 4) is 0 Å². The first-order valence-corrected chi connectivity index (χ1v) is 8.64.